The van der Waals surface area contributed by atoms with E-state index in [2.05, 4.69) is 31.3 Å². The summed E-state index contributed by atoms with van der Waals surface area (Å²) in [5.74, 6) is 0.599. The summed E-state index contributed by atoms with van der Waals surface area (Å²) in [6.45, 7) is 0.563. The molecule has 0 aliphatic rings. The van der Waals surface area contributed by atoms with Gasteiger partial charge in [0.2, 0.25) is 5.28 Å². The first-order valence-corrected chi connectivity index (χ1v) is 6.23. The number of H-pyrrole nitrogens is 1. The molecule has 0 radical (unpaired) electrons. The smallest absolute Gasteiger partial charge is 0.226 e. The standard InChI is InChI=1S/C13H9ClN6/c14-13-19-11(10-12(20-13)18-7-17-10)16-6-9-3-1-8(5-15)2-4-9/h1-4,7H,6H2,(H2,16,17,18,19,20). The van der Waals surface area contributed by atoms with Gasteiger partial charge in [-0.05, 0) is 29.3 Å². The van der Waals surface area contributed by atoms with E-state index in [1.165, 1.54) is 0 Å². The molecular weight excluding hydrogens is 276 g/mol. The van der Waals surface area contributed by atoms with E-state index in [1.54, 1.807) is 18.5 Å². The van der Waals surface area contributed by atoms with Crippen LogP contribution in [0.25, 0.3) is 11.2 Å². The molecule has 3 aromatic rings. The van der Waals surface area contributed by atoms with E-state index in [-0.39, 0.29) is 5.28 Å². The number of hydrogen-bond acceptors (Lipinski definition) is 5. The lowest BCUT2D eigenvalue weighted by Crippen LogP contribution is -2.03. The van der Waals surface area contributed by atoms with Crippen molar-refractivity contribution in [2.45, 2.75) is 6.54 Å². The van der Waals surface area contributed by atoms with Crippen molar-refractivity contribution >= 4 is 28.6 Å². The zero-order chi connectivity index (χ0) is 13.9. The van der Waals surface area contributed by atoms with Gasteiger partial charge in [-0.2, -0.15) is 15.2 Å². The quantitative estimate of drug-likeness (QED) is 0.721. The van der Waals surface area contributed by atoms with Crippen molar-refractivity contribution in [2.75, 3.05) is 5.32 Å². The minimum Gasteiger partial charge on any atom is -0.364 e. The lowest BCUT2D eigenvalue weighted by atomic mass is 10.1. The van der Waals surface area contributed by atoms with Crippen molar-refractivity contribution in [3.8, 4) is 6.07 Å². The van der Waals surface area contributed by atoms with Crippen LogP contribution in [0.5, 0.6) is 0 Å². The second kappa shape index (κ2) is 5.15. The monoisotopic (exact) mass is 284 g/mol. The lowest BCUT2D eigenvalue weighted by molar-refractivity contribution is 1.10. The van der Waals surface area contributed by atoms with Gasteiger partial charge in [-0.1, -0.05) is 12.1 Å². The van der Waals surface area contributed by atoms with Crippen LogP contribution in [0.4, 0.5) is 5.82 Å². The lowest BCUT2D eigenvalue weighted by Gasteiger charge is -2.06. The number of nitrogens with zero attached hydrogens (tertiary/aromatic N) is 4. The normalized spacial score (nSPS) is 10.4. The second-order valence-corrected chi connectivity index (χ2v) is 4.44. The highest BCUT2D eigenvalue weighted by Gasteiger charge is 2.08. The Hall–Kier alpha value is -2.65. The number of imidazole rings is 1. The van der Waals surface area contributed by atoms with E-state index >= 15 is 0 Å². The number of nitriles is 1. The second-order valence-electron chi connectivity index (χ2n) is 4.10. The molecule has 98 valence electrons. The number of rotatable bonds is 3. The maximum absolute atomic E-state index is 8.75. The van der Waals surface area contributed by atoms with Crippen molar-refractivity contribution in [2.24, 2.45) is 0 Å². The number of aromatic amines is 1. The van der Waals surface area contributed by atoms with E-state index in [0.717, 1.165) is 5.56 Å². The van der Waals surface area contributed by atoms with Gasteiger partial charge in [0.25, 0.3) is 0 Å². The van der Waals surface area contributed by atoms with Crippen LogP contribution in [0.3, 0.4) is 0 Å². The largest absolute Gasteiger partial charge is 0.364 e. The maximum atomic E-state index is 8.75. The van der Waals surface area contributed by atoms with Gasteiger partial charge < -0.3 is 10.3 Å². The van der Waals surface area contributed by atoms with Crippen LogP contribution in [-0.2, 0) is 6.54 Å². The molecule has 0 unspecified atom stereocenters. The molecule has 0 atom stereocenters. The predicted octanol–water partition coefficient (Wildman–Crippen LogP) is 2.49. The summed E-state index contributed by atoms with van der Waals surface area (Å²) < 4.78 is 0. The molecule has 0 aliphatic carbocycles. The van der Waals surface area contributed by atoms with Gasteiger partial charge in [0.1, 0.15) is 5.52 Å². The summed E-state index contributed by atoms with van der Waals surface area (Å²) in [7, 11) is 0. The van der Waals surface area contributed by atoms with Crippen LogP contribution >= 0.6 is 11.6 Å². The highest BCUT2D eigenvalue weighted by atomic mass is 35.5. The summed E-state index contributed by atoms with van der Waals surface area (Å²) in [6.07, 6.45) is 1.54. The first kappa shape index (κ1) is 12.4. The Morgan fingerprint density at radius 1 is 1.25 bits per heavy atom. The third kappa shape index (κ3) is 2.39. The van der Waals surface area contributed by atoms with E-state index in [4.69, 9.17) is 16.9 Å². The number of benzene rings is 1. The molecule has 6 nitrogen and oxygen atoms in total. The molecule has 0 fully saturated rings. The number of fused-ring (bicyclic) bond motifs is 1. The molecule has 0 saturated heterocycles. The molecule has 3 rings (SSSR count). The van der Waals surface area contributed by atoms with Gasteiger partial charge in [-0.15, -0.1) is 0 Å². The summed E-state index contributed by atoms with van der Waals surface area (Å²) in [6, 6.07) is 9.41. The average Bonchev–Trinajstić information content (AvgIpc) is 2.93. The van der Waals surface area contributed by atoms with E-state index in [9.17, 15) is 0 Å². The summed E-state index contributed by atoms with van der Waals surface area (Å²) in [4.78, 5) is 15.2. The van der Waals surface area contributed by atoms with Gasteiger partial charge in [-0.3, -0.25) is 0 Å². The van der Waals surface area contributed by atoms with Crippen molar-refractivity contribution in [3.63, 3.8) is 0 Å². The minimum atomic E-state index is 0.145. The summed E-state index contributed by atoms with van der Waals surface area (Å²) >= 11 is 5.85. The Morgan fingerprint density at radius 3 is 2.80 bits per heavy atom. The number of hydrogen-bond donors (Lipinski definition) is 2. The van der Waals surface area contributed by atoms with Gasteiger partial charge in [0.05, 0.1) is 18.0 Å². The van der Waals surface area contributed by atoms with Gasteiger partial charge >= 0.3 is 0 Å². The molecule has 2 aromatic heterocycles. The molecule has 0 saturated carbocycles. The van der Waals surface area contributed by atoms with Crippen LogP contribution in [0.1, 0.15) is 11.1 Å². The molecule has 0 aliphatic heterocycles. The predicted molar refractivity (Wildman–Crippen MR) is 75.2 cm³/mol. The molecule has 2 N–H and O–H groups in total. The van der Waals surface area contributed by atoms with E-state index < -0.39 is 0 Å². The number of halogens is 1. The van der Waals surface area contributed by atoms with Crippen molar-refractivity contribution < 1.29 is 0 Å². The van der Waals surface area contributed by atoms with E-state index in [1.807, 2.05) is 12.1 Å². The van der Waals surface area contributed by atoms with Crippen LogP contribution in [0.15, 0.2) is 30.6 Å². The maximum Gasteiger partial charge on any atom is 0.226 e. The van der Waals surface area contributed by atoms with Gasteiger partial charge in [-0.25, -0.2) is 4.98 Å². The fourth-order valence-corrected chi connectivity index (χ4v) is 1.98. The van der Waals surface area contributed by atoms with Crippen molar-refractivity contribution in [1.82, 2.24) is 19.9 Å². The first-order chi connectivity index (χ1) is 9.76. The molecule has 7 heteroatoms. The molecule has 0 spiro atoms. The van der Waals surface area contributed by atoms with Crippen LogP contribution < -0.4 is 5.32 Å². The van der Waals surface area contributed by atoms with Gasteiger partial charge in [0.15, 0.2) is 11.5 Å². The van der Waals surface area contributed by atoms with Gasteiger partial charge in [0, 0.05) is 6.54 Å². The number of nitrogens with one attached hydrogen (secondary N) is 2. The van der Waals surface area contributed by atoms with Crippen molar-refractivity contribution in [1.29, 1.82) is 5.26 Å². The number of anilines is 1. The first-order valence-electron chi connectivity index (χ1n) is 5.86. The Balaban J connectivity index is 1.82. The average molecular weight is 285 g/mol. The molecule has 20 heavy (non-hydrogen) atoms. The topological polar surface area (TPSA) is 90.3 Å². The number of aromatic nitrogens is 4. The van der Waals surface area contributed by atoms with Crippen LogP contribution in [0.2, 0.25) is 5.28 Å². The highest BCUT2D eigenvalue weighted by molar-refractivity contribution is 6.28. The third-order valence-electron chi connectivity index (χ3n) is 2.80. The molecule has 2 heterocycles. The fourth-order valence-electron chi connectivity index (χ4n) is 1.82. The zero-order valence-corrected chi connectivity index (χ0v) is 11.0. The minimum absolute atomic E-state index is 0.145. The molecule has 1 aromatic carbocycles. The van der Waals surface area contributed by atoms with Crippen molar-refractivity contribution in [3.05, 3.63) is 47.0 Å². The SMILES string of the molecule is N#Cc1ccc(CNc2nc(Cl)nc3nc[nH]c23)cc1. The van der Waals surface area contributed by atoms with Crippen LogP contribution in [0, 0.1) is 11.3 Å². The zero-order valence-electron chi connectivity index (χ0n) is 10.3. The summed E-state index contributed by atoms with van der Waals surface area (Å²) in [5, 5.41) is 12.1. The Bertz CT molecular complexity index is 787. The summed E-state index contributed by atoms with van der Waals surface area (Å²) in [5.41, 5.74) is 2.90. The Morgan fingerprint density at radius 2 is 2.05 bits per heavy atom. The highest BCUT2D eigenvalue weighted by Crippen LogP contribution is 2.19. The molecule has 0 bridgehead atoms. The molecule has 0 amide bonds. The van der Waals surface area contributed by atoms with Crippen LogP contribution in [-0.4, -0.2) is 19.9 Å². The Labute approximate surface area is 119 Å². The molecular formula is C13H9ClN6. The Kier molecular flexibility index (Phi) is 3.19. The van der Waals surface area contributed by atoms with E-state index in [0.29, 0.717) is 29.1 Å². The fraction of sp³-hybridized carbons (Fsp3) is 0.0769. The third-order valence-corrected chi connectivity index (χ3v) is 2.97.